The van der Waals surface area contributed by atoms with Crippen LogP contribution in [0.5, 0.6) is 11.5 Å². The van der Waals surface area contributed by atoms with Crippen LogP contribution in [0.2, 0.25) is 0 Å². The van der Waals surface area contributed by atoms with E-state index in [1.165, 1.54) is 19.1 Å². The fourth-order valence-corrected chi connectivity index (χ4v) is 2.89. The molecule has 26 heavy (non-hydrogen) atoms. The number of nitrogens with one attached hydrogen (secondary N) is 1. The van der Waals surface area contributed by atoms with Crippen molar-refractivity contribution in [3.8, 4) is 11.5 Å². The van der Waals surface area contributed by atoms with E-state index in [4.69, 9.17) is 9.47 Å². The number of rotatable bonds is 6. The highest BCUT2D eigenvalue weighted by molar-refractivity contribution is 5.94. The number of carbonyl (C=O) groups excluding carboxylic acids is 1. The van der Waals surface area contributed by atoms with Gasteiger partial charge in [0, 0.05) is 37.9 Å². The Balaban J connectivity index is 1.90. The molecule has 0 aliphatic carbocycles. The minimum atomic E-state index is -4.20. The van der Waals surface area contributed by atoms with E-state index in [0.717, 1.165) is 0 Å². The summed E-state index contributed by atoms with van der Waals surface area (Å²) in [5.41, 5.74) is 0.565. The normalized spacial score (nSPS) is 17.6. The molecule has 146 valence electrons. The summed E-state index contributed by atoms with van der Waals surface area (Å²) in [4.78, 5) is 15.7. The molecule has 1 aliphatic rings. The number of anilines is 1. The summed E-state index contributed by atoms with van der Waals surface area (Å²) >= 11 is 0. The molecule has 9 heteroatoms. The molecule has 1 saturated heterocycles. The number of nitrogens with zero attached hydrogens (tertiary/aromatic N) is 2. The van der Waals surface area contributed by atoms with Crippen LogP contribution in [0, 0.1) is 0 Å². The maximum atomic E-state index is 12.5. The Labute approximate surface area is 150 Å². The van der Waals surface area contributed by atoms with Gasteiger partial charge < -0.3 is 14.8 Å². The fraction of sp³-hybridized carbons (Fsp3) is 0.588. The third-order valence-corrected chi connectivity index (χ3v) is 4.39. The SMILES string of the molecule is COc1ccc(NC(=O)C(C)N2CCN(CC(F)(F)F)CC2)cc1OC. The summed E-state index contributed by atoms with van der Waals surface area (Å²) in [6.45, 7) is 2.23. The molecule has 1 aromatic carbocycles. The standard InChI is InChI=1S/C17H24F3N3O3/c1-12(23-8-6-22(7-9-23)11-17(18,19)20)16(24)21-13-4-5-14(25-2)15(10-13)26-3/h4-5,10,12H,6-9,11H2,1-3H3,(H,21,24). The molecule has 0 radical (unpaired) electrons. The second kappa shape index (κ2) is 8.59. The van der Waals surface area contributed by atoms with Gasteiger partial charge in [0.25, 0.3) is 0 Å². The van der Waals surface area contributed by atoms with Crippen molar-refractivity contribution in [3.63, 3.8) is 0 Å². The van der Waals surface area contributed by atoms with E-state index in [1.807, 2.05) is 4.90 Å². The highest BCUT2D eigenvalue weighted by Gasteiger charge is 2.33. The second-order valence-corrected chi connectivity index (χ2v) is 6.16. The van der Waals surface area contributed by atoms with Crippen molar-refractivity contribution < 1.29 is 27.4 Å². The van der Waals surface area contributed by atoms with Crippen LogP contribution in [0.4, 0.5) is 18.9 Å². The number of ether oxygens (including phenoxy) is 2. The molecule has 6 nitrogen and oxygen atoms in total. The van der Waals surface area contributed by atoms with E-state index in [1.54, 1.807) is 25.1 Å². The quantitative estimate of drug-likeness (QED) is 0.826. The first-order chi connectivity index (χ1) is 12.2. The summed E-state index contributed by atoms with van der Waals surface area (Å²) in [6.07, 6.45) is -4.20. The largest absolute Gasteiger partial charge is 0.493 e. The zero-order chi connectivity index (χ0) is 19.3. The maximum absolute atomic E-state index is 12.5. The Morgan fingerprint density at radius 3 is 2.31 bits per heavy atom. The third kappa shape index (κ3) is 5.50. The molecule has 1 fully saturated rings. The van der Waals surface area contributed by atoms with Gasteiger partial charge in [0.2, 0.25) is 5.91 Å². The molecule has 0 aromatic heterocycles. The van der Waals surface area contributed by atoms with Gasteiger partial charge in [0.1, 0.15) is 0 Å². The lowest BCUT2D eigenvalue weighted by molar-refractivity contribution is -0.150. The van der Waals surface area contributed by atoms with Crippen LogP contribution >= 0.6 is 0 Å². The van der Waals surface area contributed by atoms with Crippen molar-refractivity contribution in [2.75, 3.05) is 52.3 Å². The number of alkyl halides is 3. The Morgan fingerprint density at radius 2 is 1.77 bits per heavy atom. The Bertz CT molecular complexity index is 617. The minimum Gasteiger partial charge on any atom is -0.493 e. The summed E-state index contributed by atoms with van der Waals surface area (Å²) in [5.74, 6) is 0.833. The first kappa shape index (κ1) is 20.3. The van der Waals surface area contributed by atoms with Crippen LogP contribution in [-0.4, -0.2) is 74.9 Å². The van der Waals surface area contributed by atoms with E-state index < -0.39 is 18.8 Å². The Kier molecular flexibility index (Phi) is 6.71. The second-order valence-electron chi connectivity index (χ2n) is 6.16. The number of hydrogen-bond donors (Lipinski definition) is 1. The molecular formula is C17H24F3N3O3. The van der Waals surface area contributed by atoms with Gasteiger partial charge in [0.15, 0.2) is 11.5 Å². The van der Waals surface area contributed by atoms with Crippen molar-refractivity contribution in [2.24, 2.45) is 0 Å². The van der Waals surface area contributed by atoms with Gasteiger partial charge in [-0.05, 0) is 19.1 Å². The van der Waals surface area contributed by atoms with Crippen molar-refractivity contribution >= 4 is 11.6 Å². The van der Waals surface area contributed by atoms with E-state index in [-0.39, 0.29) is 19.0 Å². The van der Waals surface area contributed by atoms with Crippen molar-refractivity contribution in [1.82, 2.24) is 9.80 Å². The summed E-state index contributed by atoms with van der Waals surface area (Å²) in [6, 6.07) is 4.60. The minimum absolute atomic E-state index is 0.221. The Hall–Kier alpha value is -2.00. The predicted octanol–water partition coefficient (Wildman–Crippen LogP) is 2.21. The zero-order valence-electron chi connectivity index (χ0n) is 15.1. The molecule has 0 saturated carbocycles. The van der Waals surface area contributed by atoms with Gasteiger partial charge in [-0.1, -0.05) is 0 Å². The number of amides is 1. The van der Waals surface area contributed by atoms with Crippen LogP contribution in [0.15, 0.2) is 18.2 Å². The monoisotopic (exact) mass is 375 g/mol. The smallest absolute Gasteiger partial charge is 0.401 e. The van der Waals surface area contributed by atoms with Crippen molar-refractivity contribution in [1.29, 1.82) is 0 Å². The molecule has 1 unspecified atom stereocenters. The van der Waals surface area contributed by atoms with Gasteiger partial charge in [0.05, 0.1) is 26.8 Å². The number of benzene rings is 1. The summed E-state index contributed by atoms with van der Waals surface area (Å²) < 4.78 is 47.7. The third-order valence-electron chi connectivity index (χ3n) is 4.39. The number of halogens is 3. The van der Waals surface area contributed by atoms with Crippen molar-refractivity contribution in [2.45, 2.75) is 19.1 Å². The number of methoxy groups -OCH3 is 2. The molecule has 1 aliphatic heterocycles. The van der Waals surface area contributed by atoms with Gasteiger partial charge in [-0.2, -0.15) is 13.2 Å². The number of piperazine rings is 1. The molecule has 1 aromatic rings. The van der Waals surface area contributed by atoms with Crippen LogP contribution in [0.3, 0.4) is 0 Å². The van der Waals surface area contributed by atoms with Gasteiger partial charge in [-0.15, -0.1) is 0 Å². The predicted molar refractivity (Wildman–Crippen MR) is 91.7 cm³/mol. The molecule has 1 atom stereocenters. The first-order valence-electron chi connectivity index (χ1n) is 8.29. The van der Waals surface area contributed by atoms with Crippen LogP contribution in [-0.2, 0) is 4.79 Å². The lowest BCUT2D eigenvalue weighted by Gasteiger charge is -2.37. The molecule has 1 heterocycles. The van der Waals surface area contributed by atoms with Crippen LogP contribution in [0.1, 0.15) is 6.92 Å². The molecular weight excluding hydrogens is 351 g/mol. The van der Waals surface area contributed by atoms with Crippen molar-refractivity contribution in [3.05, 3.63) is 18.2 Å². The maximum Gasteiger partial charge on any atom is 0.401 e. The molecule has 2 rings (SSSR count). The van der Waals surface area contributed by atoms with Gasteiger partial charge in [-0.3, -0.25) is 14.6 Å². The highest BCUT2D eigenvalue weighted by Crippen LogP contribution is 2.29. The summed E-state index contributed by atoms with van der Waals surface area (Å²) in [5, 5.41) is 2.80. The average Bonchev–Trinajstić information content (AvgIpc) is 2.60. The van der Waals surface area contributed by atoms with Gasteiger partial charge in [-0.25, -0.2) is 0 Å². The molecule has 1 amide bonds. The van der Waals surface area contributed by atoms with E-state index in [9.17, 15) is 18.0 Å². The number of hydrogen-bond acceptors (Lipinski definition) is 5. The molecule has 0 spiro atoms. The lowest BCUT2D eigenvalue weighted by atomic mass is 10.2. The topological polar surface area (TPSA) is 54.0 Å². The van der Waals surface area contributed by atoms with E-state index in [2.05, 4.69) is 5.32 Å². The fourth-order valence-electron chi connectivity index (χ4n) is 2.89. The van der Waals surface area contributed by atoms with E-state index >= 15 is 0 Å². The van der Waals surface area contributed by atoms with Crippen LogP contribution < -0.4 is 14.8 Å². The highest BCUT2D eigenvalue weighted by atomic mass is 19.4. The summed E-state index contributed by atoms with van der Waals surface area (Å²) in [7, 11) is 3.03. The first-order valence-corrected chi connectivity index (χ1v) is 8.29. The van der Waals surface area contributed by atoms with E-state index in [0.29, 0.717) is 30.3 Å². The Morgan fingerprint density at radius 1 is 1.15 bits per heavy atom. The van der Waals surface area contributed by atoms with Gasteiger partial charge >= 0.3 is 6.18 Å². The average molecular weight is 375 g/mol. The molecule has 0 bridgehead atoms. The molecule has 1 N–H and O–H groups in total. The zero-order valence-corrected chi connectivity index (χ0v) is 15.1. The van der Waals surface area contributed by atoms with Crippen LogP contribution in [0.25, 0.3) is 0 Å². The lowest BCUT2D eigenvalue weighted by Crippen LogP contribution is -2.54. The number of carbonyl (C=O) groups is 1.